The van der Waals surface area contributed by atoms with Crippen LogP contribution in [0.2, 0.25) is 0 Å². The zero-order chi connectivity index (χ0) is 11.4. The third-order valence-corrected chi connectivity index (χ3v) is 2.18. The Labute approximate surface area is 91.5 Å². The maximum atomic E-state index is 12.4. The minimum Gasteiger partial charge on any atom is -0.379 e. The van der Waals surface area contributed by atoms with Gasteiger partial charge in [-0.05, 0) is 12.1 Å². The Balaban J connectivity index is 2.01. The normalized spacial score (nSPS) is 10.7. The lowest BCUT2D eigenvalue weighted by molar-refractivity contribution is 0.151. The van der Waals surface area contributed by atoms with E-state index in [0.717, 1.165) is 5.69 Å². The first kappa shape index (κ1) is 10.6. The summed E-state index contributed by atoms with van der Waals surface area (Å²) in [6.07, 6.45) is 0.824. The number of H-pyrrole nitrogens is 1. The number of anilines is 1. The van der Waals surface area contributed by atoms with Gasteiger partial charge in [0.1, 0.15) is 0 Å². The smallest absolute Gasteiger partial charge is 0.263 e. The molecule has 0 saturated carbocycles. The average Bonchev–Trinajstić information content (AvgIpc) is 2.79. The van der Waals surface area contributed by atoms with Gasteiger partial charge in [0.2, 0.25) is 0 Å². The molecule has 0 saturated heterocycles. The Morgan fingerprint density at radius 3 is 2.94 bits per heavy atom. The first-order valence-electron chi connectivity index (χ1n) is 4.85. The summed E-state index contributed by atoms with van der Waals surface area (Å²) >= 11 is 0. The van der Waals surface area contributed by atoms with Crippen molar-refractivity contribution in [2.24, 2.45) is 0 Å². The van der Waals surface area contributed by atoms with Crippen LogP contribution in [-0.2, 0) is 6.54 Å². The Morgan fingerprint density at radius 1 is 1.38 bits per heavy atom. The SMILES string of the molecule is FC(F)c1cccc(NCc2cnc[nH]2)c1. The van der Waals surface area contributed by atoms with Crippen LogP contribution in [0, 0.1) is 0 Å². The second-order valence-corrected chi connectivity index (χ2v) is 3.36. The van der Waals surface area contributed by atoms with E-state index < -0.39 is 6.43 Å². The molecule has 0 radical (unpaired) electrons. The molecule has 0 aliphatic heterocycles. The van der Waals surface area contributed by atoms with Crippen molar-refractivity contribution in [1.29, 1.82) is 0 Å². The van der Waals surface area contributed by atoms with Crippen LogP contribution in [-0.4, -0.2) is 9.97 Å². The maximum absolute atomic E-state index is 12.4. The van der Waals surface area contributed by atoms with E-state index in [1.807, 2.05) is 0 Å². The van der Waals surface area contributed by atoms with Crippen LogP contribution < -0.4 is 5.32 Å². The highest BCUT2D eigenvalue weighted by atomic mass is 19.3. The zero-order valence-corrected chi connectivity index (χ0v) is 8.45. The average molecular weight is 223 g/mol. The lowest BCUT2D eigenvalue weighted by atomic mass is 10.2. The van der Waals surface area contributed by atoms with Gasteiger partial charge in [-0.2, -0.15) is 0 Å². The van der Waals surface area contributed by atoms with Gasteiger partial charge in [-0.15, -0.1) is 0 Å². The predicted octanol–water partition coefficient (Wildman–Crippen LogP) is 2.96. The lowest BCUT2D eigenvalue weighted by Gasteiger charge is -2.06. The molecule has 16 heavy (non-hydrogen) atoms. The summed E-state index contributed by atoms with van der Waals surface area (Å²) in [7, 11) is 0. The molecule has 5 heteroatoms. The van der Waals surface area contributed by atoms with Gasteiger partial charge >= 0.3 is 0 Å². The molecule has 0 spiro atoms. The quantitative estimate of drug-likeness (QED) is 0.836. The first-order chi connectivity index (χ1) is 7.75. The molecule has 1 heterocycles. The molecule has 2 aromatic rings. The maximum Gasteiger partial charge on any atom is 0.263 e. The Morgan fingerprint density at radius 2 is 2.25 bits per heavy atom. The van der Waals surface area contributed by atoms with Crippen molar-refractivity contribution in [2.75, 3.05) is 5.32 Å². The van der Waals surface area contributed by atoms with Gasteiger partial charge in [-0.1, -0.05) is 12.1 Å². The second kappa shape index (κ2) is 4.74. The van der Waals surface area contributed by atoms with Crippen molar-refractivity contribution < 1.29 is 8.78 Å². The minimum absolute atomic E-state index is 0.0228. The van der Waals surface area contributed by atoms with Crippen molar-refractivity contribution in [2.45, 2.75) is 13.0 Å². The van der Waals surface area contributed by atoms with E-state index in [0.29, 0.717) is 12.2 Å². The molecule has 2 rings (SSSR count). The van der Waals surface area contributed by atoms with Crippen molar-refractivity contribution in [3.05, 3.63) is 48.0 Å². The van der Waals surface area contributed by atoms with Gasteiger partial charge in [0.05, 0.1) is 18.6 Å². The number of imidazole rings is 1. The number of aromatic amines is 1. The topological polar surface area (TPSA) is 40.7 Å². The van der Waals surface area contributed by atoms with Crippen molar-refractivity contribution in [3.63, 3.8) is 0 Å². The monoisotopic (exact) mass is 223 g/mol. The molecular weight excluding hydrogens is 212 g/mol. The molecule has 2 N–H and O–H groups in total. The van der Waals surface area contributed by atoms with Crippen LogP contribution in [0.1, 0.15) is 17.7 Å². The van der Waals surface area contributed by atoms with Crippen molar-refractivity contribution in [1.82, 2.24) is 9.97 Å². The van der Waals surface area contributed by atoms with Crippen LogP contribution >= 0.6 is 0 Å². The highest BCUT2D eigenvalue weighted by Crippen LogP contribution is 2.21. The Kier molecular flexibility index (Phi) is 3.14. The van der Waals surface area contributed by atoms with E-state index in [2.05, 4.69) is 15.3 Å². The molecule has 84 valence electrons. The standard InChI is InChI=1S/C11H11F2N3/c12-11(13)8-2-1-3-9(4-8)15-6-10-5-14-7-16-10/h1-5,7,11,15H,6H2,(H,14,16). The summed E-state index contributed by atoms with van der Waals surface area (Å²) in [5.74, 6) is 0. The number of alkyl halides is 2. The van der Waals surface area contributed by atoms with Crippen LogP contribution in [0.5, 0.6) is 0 Å². The number of aromatic nitrogens is 2. The number of nitrogens with zero attached hydrogens (tertiary/aromatic N) is 1. The number of nitrogens with one attached hydrogen (secondary N) is 2. The summed E-state index contributed by atoms with van der Waals surface area (Å²) in [6, 6.07) is 6.21. The van der Waals surface area contributed by atoms with Crippen LogP contribution in [0.3, 0.4) is 0 Å². The molecule has 1 aromatic carbocycles. The molecule has 0 bridgehead atoms. The van der Waals surface area contributed by atoms with Crippen LogP contribution in [0.15, 0.2) is 36.8 Å². The third kappa shape index (κ3) is 2.56. The fraction of sp³-hybridized carbons (Fsp3) is 0.182. The van der Waals surface area contributed by atoms with E-state index in [1.165, 1.54) is 12.1 Å². The molecule has 0 amide bonds. The lowest BCUT2D eigenvalue weighted by Crippen LogP contribution is -2.00. The molecular formula is C11H11F2N3. The number of hydrogen-bond donors (Lipinski definition) is 2. The summed E-state index contributed by atoms with van der Waals surface area (Å²) < 4.78 is 24.8. The van der Waals surface area contributed by atoms with Gasteiger partial charge < -0.3 is 10.3 Å². The molecule has 0 atom stereocenters. The van der Waals surface area contributed by atoms with Gasteiger partial charge in [0.15, 0.2) is 0 Å². The van der Waals surface area contributed by atoms with E-state index >= 15 is 0 Å². The summed E-state index contributed by atoms with van der Waals surface area (Å²) in [5.41, 5.74) is 1.60. The highest BCUT2D eigenvalue weighted by Gasteiger charge is 2.06. The number of benzene rings is 1. The number of halogens is 2. The van der Waals surface area contributed by atoms with Crippen LogP contribution in [0.25, 0.3) is 0 Å². The van der Waals surface area contributed by atoms with Gasteiger partial charge in [-0.25, -0.2) is 13.8 Å². The molecule has 3 nitrogen and oxygen atoms in total. The second-order valence-electron chi connectivity index (χ2n) is 3.36. The molecule has 0 aliphatic rings. The highest BCUT2D eigenvalue weighted by molar-refractivity contribution is 5.46. The minimum atomic E-state index is -2.44. The van der Waals surface area contributed by atoms with Gasteiger partial charge in [0.25, 0.3) is 6.43 Å². The first-order valence-corrected chi connectivity index (χ1v) is 4.85. The van der Waals surface area contributed by atoms with Crippen LogP contribution in [0.4, 0.5) is 14.5 Å². The van der Waals surface area contributed by atoms with E-state index in [-0.39, 0.29) is 5.56 Å². The summed E-state index contributed by atoms with van der Waals surface area (Å²) in [5, 5.41) is 3.04. The van der Waals surface area contributed by atoms with E-state index in [9.17, 15) is 8.78 Å². The molecule has 0 fully saturated rings. The van der Waals surface area contributed by atoms with Crippen molar-refractivity contribution >= 4 is 5.69 Å². The largest absolute Gasteiger partial charge is 0.379 e. The van der Waals surface area contributed by atoms with Gasteiger partial charge in [0, 0.05) is 17.4 Å². The molecule has 0 aliphatic carbocycles. The summed E-state index contributed by atoms with van der Waals surface area (Å²) in [4.78, 5) is 6.79. The fourth-order valence-corrected chi connectivity index (χ4v) is 1.36. The fourth-order valence-electron chi connectivity index (χ4n) is 1.36. The zero-order valence-electron chi connectivity index (χ0n) is 8.45. The van der Waals surface area contributed by atoms with Crippen molar-refractivity contribution in [3.8, 4) is 0 Å². The predicted molar refractivity (Wildman–Crippen MR) is 57.3 cm³/mol. The Bertz CT molecular complexity index is 440. The molecule has 0 unspecified atom stereocenters. The number of hydrogen-bond acceptors (Lipinski definition) is 2. The third-order valence-electron chi connectivity index (χ3n) is 2.18. The molecule has 1 aromatic heterocycles. The Hall–Kier alpha value is -1.91. The van der Waals surface area contributed by atoms with E-state index in [1.54, 1.807) is 24.7 Å². The van der Waals surface area contributed by atoms with Gasteiger partial charge in [-0.3, -0.25) is 0 Å². The van der Waals surface area contributed by atoms with E-state index in [4.69, 9.17) is 0 Å². The number of rotatable bonds is 4. The summed E-state index contributed by atoms with van der Waals surface area (Å²) in [6.45, 7) is 0.534.